The van der Waals surface area contributed by atoms with Gasteiger partial charge in [0, 0.05) is 39.3 Å². The summed E-state index contributed by atoms with van der Waals surface area (Å²) in [5.74, 6) is 0.945. The second-order valence-electron chi connectivity index (χ2n) is 7.61. The number of ether oxygens (including phenoxy) is 3. The van der Waals surface area contributed by atoms with Crippen LogP contribution in [0.4, 0.5) is 0 Å². The highest BCUT2D eigenvalue weighted by Crippen LogP contribution is 2.35. The van der Waals surface area contributed by atoms with Crippen LogP contribution in [0.5, 0.6) is 0 Å². The number of morpholine rings is 1. The van der Waals surface area contributed by atoms with E-state index >= 15 is 0 Å². The minimum Gasteiger partial charge on any atom is -0.379 e. The summed E-state index contributed by atoms with van der Waals surface area (Å²) in [6, 6.07) is 0. The molecule has 1 spiro atoms. The Morgan fingerprint density at radius 1 is 0.864 bits per heavy atom. The normalized spacial score (nSPS) is 38.5. The van der Waals surface area contributed by atoms with Crippen molar-refractivity contribution in [1.29, 1.82) is 0 Å². The summed E-state index contributed by atoms with van der Waals surface area (Å²) in [7, 11) is 0. The van der Waals surface area contributed by atoms with E-state index in [0.29, 0.717) is 6.10 Å². The van der Waals surface area contributed by atoms with Crippen LogP contribution in [-0.2, 0) is 14.2 Å². The molecule has 1 aliphatic carbocycles. The molecule has 0 radical (unpaired) electrons. The van der Waals surface area contributed by atoms with Crippen molar-refractivity contribution >= 4 is 0 Å². The minimum absolute atomic E-state index is 0.0393. The predicted molar refractivity (Wildman–Crippen MR) is 84.1 cm³/mol. The molecule has 0 aromatic carbocycles. The zero-order valence-electron chi connectivity index (χ0n) is 13.7. The average molecular weight is 310 g/mol. The summed E-state index contributed by atoms with van der Waals surface area (Å²) in [6.45, 7) is 9.97. The first-order chi connectivity index (χ1) is 10.8. The second-order valence-corrected chi connectivity index (χ2v) is 7.61. The van der Waals surface area contributed by atoms with E-state index in [-0.39, 0.29) is 5.60 Å². The van der Waals surface area contributed by atoms with Crippen molar-refractivity contribution in [2.45, 2.75) is 37.4 Å². The molecule has 22 heavy (non-hydrogen) atoms. The van der Waals surface area contributed by atoms with Gasteiger partial charge in [-0.05, 0) is 31.6 Å². The smallest absolute Gasteiger partial charge is 0.105 e. The van der Waals surface area contributed by atoms with Gasteiger partial charge in [0.25, 0.3) is 0 Å². The van der Waals surface area contributed by atoms with E-state index in [0.717, 1.165) is 71.5 Å². The van der Waals surface area contributed by atoms with E-state index in [1.165, 1.54) is 25.8 Å². The third kappa shape index (κ3) is 3.82. The average Bonchev–Trinajstić information content (AvgIpc) is 3.29. The minimum atomic E-state index is -0.0393. The molecule has 4 rings (SSSR count). The standard InChI is InChI=1S/C17H30N2O3/c1-2-15(1)11-19-7-10-21-14-17(13-19)4-3-16(22-17)12-18-5-8-20-9-6-18/h15-16H,1-14H2/t16-,17-/m1/s1. The van der Waals surface area contributed by atoms with Gasteiger partial charge >= 0.3 is 0 Å². The van der Waals surface area contributed by atoms with Crippen LogP contribution in [0.3, 0.4) is 0 Å². The molecular weight excluding hydrogens is 280 g/mol. The van der Waals surface area contributed by atoms with E-state index in [1.807, 2.05) is 0 Å². The third-order valence-electron chi connectivity index (χ3n) is 5.55. The van der Waals surface area contributed by atoms with Crippen LogP contribution in [0.1, 0.15) is 25.7 Å². The molecule has 126 valence electrons. The van der Waals surface area contributed by atoms with Crippen molar-refractivity contribution in [3.63, 3.8) is 0 Å². The highest BCUT2D eigenvalue weighted by atomic mass is 16.6. The Morgan fingerprint density at radius 3 is 2.45 bits per heavy atom. The van der Waals surface area contributed by atoms with Crippen molar-refractivity contribution in [1.82, 2.24) is 9.80 Å². The Kier molecular flexibility index (Phi) is 4.69. The molecular formula is C17H30N2O3. The van der Waals surface area contributed by atoms with Gasteiger partial charge in [0.05, 0.1) is 32.5 Å². The zero-order chi connectivity index (χ0) is 14.8. The number of hydrogen-bond acceptors (Lipinski definition) is 5. The Balaban J connectivity index is 1.32. The van der Waals surface area contributed by atoms with E-state index in [1.54, 1.807) is 0 Å². The molecule has 4 aliphatic rings. The lowest BCUT2D eigenvalue weighted by Gasteiger charge is -2.33. The molecule has 0 aromatic heterocycles. The molecule has 3 aliphatic heterocycles. The van der Waals surface area contributed by atoms with Crippen molar-refractivity contribution in [2.75, 3.05) is 65.7 Å². The zero-order valence-corrected chi connectivity index (χ0v) is 13.7. The maximum absolute atomic E-state index is 6.56. The van der Waals surface area contributed by atoms with E-state index in [2.05, 4.69) is 9.80 Å². The summed E-state index contributed by atoms with van der Waals surface area (Å²) in [6.07, 6.45) is 5.55. The molecule has 0 bridgehead atoms. The molecule has 1 saturated carbocycles. The monoisotopic (exact) mass is 310 g/mol. The molecule has 0 amide bonds. The van der Waals surface area contributed by atoms with Gasteiger partial charge in [-0.1, -0.05) is 0 Å². The Bertz CT molecular complexity index is 371. The van der Waals surface area contributed by atoms with Gasteiger partial charge in [0.1, 0.15) is 5.60 Å². The van der Waals surface area contributed by atoms with Gasteiger partial charge in [-0.2, -0.15) is 0 Å². The van der Waals surface area contributed by atoms with Crippen LogP contribution >= 0.6 is 0 Å². The van der Waals surface area contributed by atoms with E-state index < -0.39 is 0 Å². The van der Waals surface area contributed by atoms with Crippen molar-refractivity contribution in [3.05, 3.63) is 0 Å². The van der Waals surface area contributed by atoms with Crippen molar-refractivity contribution < 1.29 is 14.2 Å². The first-order valence-corrected chi connectivity index (χ1v) is 9.09. The lowest BCUT2D eigenvalue weighted by atomic mass is 10.00. The van der Waals surface area contributed by atoms with Gasteiger partial charge in [-0.15, -0.1) is 0 Å². The Morgan fingerprint density at radius 2 is 1.64 bits per heavy atom. The van der Waals surface area contributed by atoms with E-state index in [9.17, 15) is 0 Å². The van der Waals surface area contributed by atoms with Crippen LogP contribution in [0.15, 0.2) is 0 Å². The maximum atomic E-state index is 6.56. The molecule has 4 fully saturated rings. The number of hydrogen-bond donors (Lipinski definition) is 0. The summed E-state index contributed by atoms with van der Waals surface area (Å²) < 4.78 is 17.9. The highest BCUT2D eigenvalue weighted by Gasteiger charge is 2.44. The van der Waals surface area contributed by atoms with Crippen LogP contribution in [0, 0.1) is 5.92 Å². The quantitative estimate of drug-likeness (QED) is 0.773. The van der Waals surface area contributed by atoms with Gasteiger partial charge in [0.2, 0.25) is 0 Å². The van der Waals surface area contributed by atoms with Crippen LogP contribution in [0.2, 0.25) is 0 Å². The fraction of sp³-hybridized carbons (Fsp3) is 1.00. The predicted octanol–water partition coefficient (Wildman–Crippen LogP) is 0.979. The largest absolute Gasteiger partial charge is 0.379 e. The topological polar surface area (TPSA) is 34.2 Å². The third-order valence-corrected chi connectivity index (χ3v) is 5.55. The van der Waals surface area contributed by atoms with Gasteiger partial charge in [0.15, 0.2) is 0 Å². The fourth-order valence-corrected chi connectivity index (χ4v) is 4.12. The van der Waals surface area contributed by atoms with Gasteiger partial charge < -0.3 is 14.2 Å². The lowest BCUT2D eigenvalue weighted by molar-refractivity contribution is -0.0964. The molecule has 5 nitrogen and oxygen atoms in total. The van der Waals surface area contributed by atoms with E-state index in [4.69, 9.17) is 14.2 Å². The molecule has 2 atom stereocenters. The SMILES string of the molecule is C1CN(C[C@H]2CC[C@@]3(COCCN(CC4CC4)C3)O2)CCO1. The Hall–Kier alpha value is -0.200. The van der Waals surface area contributed by atoms with Crippen molar-refractivity contribution in [3.8, 4) is 0 Å². The van der Waals surface area contributed by atoms with Crippen molar-refractivity contribution in [2.24, 2.45) is 5.92 Å². The van der Waals surface area contributed by atoms with Crippen LogP contribution < -0.4 is 0 Å². The molecule has 0 aromatic rings. The highest BCUT2D eigenvalue weighted by molar-refractivity contribution is 4.95. The molecule has 3 heterocycles. The fourth-order valence-electron chi connectivity index (χ4n) is 4.12. The number of rotatable bonds is 4. The molecule has 0 unspecified atom stereocenters. The second kappa shape index (κ2) is 6.73. The Labute approximate surface area is 133 Å². The van der Waals surface area contributed by atoms with Crippen LogP contribution in [0.25, 0.3) is 0 Å². The summed E-state index contributed by atoms with van der Waals surface area (Å²) in [4.78, 5) is 5.09. The molecule has 0 N–H and O–H groups in total. The summed E-state index contributed by atoms with van der Waals surface area (Å²) in [5, 5.41) is 0. The van der Waals surface area contributed by atoms with Gasteiger partial charge in [-0.25, -0.2) is 0 Å². The van der Waals surface area contributed by atoms with Crippen LogP contribution in [-0.4, -0.2) is 87.2 Å². The summed E-state index contributed by atoms with van der Waals surface area (Å²) in [5.41, 5.74) is -0.0393. The first-order valence-electron chi connectivity index (χ1n) is 9.09. The molecule has 5 heteroatoms. The first kappa shape index (κ1) is 15.3. The molecule has 3 saturated heterocycles. The summed E-state index contributed by atoms with van der Waals surface area (Å²) >= 11 is 0. The van der Waals surface area contributed by atoms with Gasteiger partial charge in [-0.3, -0.25) is 9.80 Å². The number of nitrogens with zero attached hydrogens (tertiary/aromatic N) is 2. The lowest BCUT2D eigenvalue weighted by Crippen LogP contribution is -2.46. The maximum Gasteiger partial charge on any atom is 0.105 e.